The van der Waals surface area contributed by atoms with Crippen LogP contribution in [0.2, 0.25) is 0 Å². The minimum atomic E-state index is -0.0870. The third-order valence-corrected chi connectivity index (χ3v) is 4.38. The van der Waals surface area contributed by atoms with Crippen LogP contribution in [0.15, 0.2) is 0 Å². The maximum atomic E-state index is 12.8. The van der Waals surface area contributed by atoms with E-state index in [1.54, 1.807) is 0 Å². The molecule has 1 amide bonds. The summed E-state index contributed by atoms with van der Waals surface area (Å²) in [4.78, 5) is 15.0. The van der Waals surface area contributed by atoms with Crippen molar-refractivity contribution < 1.29 is 4.79 Å². The molecular weight excluding hydrogens is 212 g/mol. The topological polar surface area (TPSA) is 32.3 Å². The van der Waals surface area contributed by atoms with Crippen LogP contribution in [0.3, 0.4) is 0 Å². The summed E-state index contributed by atoms with van der Waals surface area (Å²) in [5.74, 6) is 0.431. The van der Waals surface area contributed by atoms with E-state index in [-0.39, 0.29) is 5.41 Å². The van der Waals surface area contributed by atoms with E-state index >= 15 is 0 Å². The Morgan fingerprint density at radius 2 is 2.18 bits per heavy atom. The Kier molecular flexibility index (Phi) is 4.08. The van der Waals surface area contributed by atoms with Gasteiger partial charge in [0.25, 0.3) is 0 Å². The molecule has 0 bridgehead atoms. The van der Waals surface area contributed by atoms with Gasteiger partial charge in [0, 0.05) is 19.1 Å². The Balaban J connectivity index is 2.03. The molecule has 0 aromatic rings. The van der Waals surface area contributed by atoms with Crippen LogP contribution >= 0.6 is 0 Å². The van der Waals surface area contributed by atoms with E-state index in [2.05, 4.69) is 24.1 Å². The summed E-state index contributed by atoms with van der Waals surface area (Å²) in [6.45, 7) is 7.23. The summed E-state index contributed by atoms with van der Waals surface area (Å²) < 4.78 is 0. The Hall–Kier alpha value is -0.570. The first-order valence-corrected chi connectivity index (χ1v) is 7.25. The van der Waals surface area contributed by atoms with Crippen molar-refractivity contribution in [3.05, 3.63) is 0 Å². The Bertz CT molecular complexity index is 267. The van der Waals surface area contributed by atoms with E-state index in [9.17, 15) is 4.79 Å². The molecule has 1 aliphatic heterocycles. The van der Waals surface area contributed by atoms with Gasteiger partial charge in [0.1, 0.15) is 0 Å². The average Bonchev–Trinajstić information content (AvgIpc) is 3.07. The van der Waals surface area contributed by atoms with Crippen LogP contribution in [0.1, 0.15) is 52.4 Å². The number of unbranched alkanes of at least 4 members (excludes halogenated alkanes) is 1. The molecule has 1 saturated heterocycles. The third-order valence-electron chi connectivity index (χ3n) is 4.38. The smallest absolute Gasteiger partial charge is 0.230 e. The van der Waals surface area contributed by atoms with Gasteiger partial charge in [-0.15, -0.1) is 0 Å². The Morgan fingerprint density at radius 1 is 1.41 bits per heavy atom. The van der Waals surface area contributed by atoms with Gasteiger partial charge >= 0.3 is 0 Å². The van der Waals surface area contributed by atoms with Crippen LogP contribution in [0, 0.1) is 5.41 Å². The van der Waals surface area contributed by atoms with Crippen molar-refractivity contribution in [2.45, 2.75) is 58.4 Å². The van der Waals surface area contributed by atoms with Crippen molar-refractivity contribution in [1.82, 2.24) is 10.2 Å². The quantitative estimate of drug-likeness (QED) is 0.769. The lowest BCUT2D eigenvalue weighted by molar-refractivity contribution is -0.142. The van der Waals surface area contributed by atoms with E-state index in [4.69, 9.17) is 0 Å². The first kappa shape index (κ1) is 12.9. The predicted octanol–water partition coefficient (Wildman–Crippen LogP) is 2.17. The van der Waals surface area contributed by atoms with Crippen LogP contribution in [-0.2, 0) is 4.79 Å². The molecule has 2 rings (SSSR count). The summed E-state index contributed by atoms with van der Waals surface area (Å²) in [6, 6.07) is 0.568. The number of carbonyl (C=O) groups excluding carboxylic acids is 1. The van der Waals surface area contributed by atoms with Crippen LogP contribution < -0.4 is 5.32 Å². The number of carbonyl (C=O) groups is 1. The zero-order chi connectivity index (χ0) is 12.3. The number of hydrogen-bond acceptors (Lipinski definition) is 2. The number of hydrogen-bond donors (Lipinski definition) is 1. The highest BCUT2D eigenvalue weighted by atomic mass is 16.2. The molecule has 2 fully saturated rings. The number of nitrogens with zero attached hydrogens (tertiary/aromatic N) is 1. The highest BCUT2D eigenvalue weighted by molar-refractivity contribution is 5.84. The minimum absolute atomic E-state index is 0.0870. The van der Waals surface area contributed by atoms with Crippen molar-refractivity contribution >= 4 is 5.91 Å². The van der Waals surface area contributed by atoms with E-state index in [0.717, 1.165) is 38.9 Å². The summed E-state index contributed by atoms with van der Waals surface area (Å²) >= 11 is 0. The molecule has 17 heavy (non-hydrogen) atoms. The largest absolute Gasteiger partial charge is 0.339 e. The monoisotopic (exact) mass is 238 g/mol. The van der Waals surface area contributed by atoms with Crippen molar-refractivity contribution in [2.24, 2.45) is 5.41 Å². The lowest BCUT2D eigenvalue weighted by atomic mass is 9.82. The van der Waals surface area contributed by atoms with Gasteiger partial charge in [-0.05, 0) is 38.6 Å². The van der Waals surface area contributed by atoms with Crippen molar-refractivity contribution in [2.75, 3.05) is 19.6 Å². The molecular formula is C14H26N2O. The third kappa shape index (κ3) is 2.65. The van der Waals surface area contributed by atoms with Gasteiger partial charge in [-0.3, -0.25) is 4.79 Å². The van der Waals surface area contributed by atoms with Gasteiger partial charge in [-0.1, -0.05) is 20.3 Å². The number of rotatable bonds is 6. The second-order valence-electron chi connectivity index (χ2n) is 5.64. The van der Waals surface area contributed by atoms with Crippen molar-refractivity contribution in [3.8, 4) is 0 Å². The highest BCUT2D eigenvalue weighted by Crippen LogP contribution is 2.36. The van der Waals surface area contributed by atoms with Crippen LogP contribution in [0.25, 0.3) is 0 Å². The number of nitrogens with one attached hydrogen (secondary N) is 1. The van der Waals surface area contributed by atoms with Gasteiger partial charge in [-0.2, -0.15) is 0 Å². The molecule has 3 heteroatoms. The fourth-order valence-corrected chi connectivity index (χ4v) is 2.85. The van der Waals surface area contributed by atoms with E-state index in [1.165, 1.54) is 19.3 Å². The Labute approximate surface area is 105 Å². The molecule has 1 atom stereocenters. The molecule has 0 spiro atoms. The molecule has 98 valence electrons. The summed E-state index contributed by atoms with van der Waals surface area (Å²) in [7, 11) is 0. The summed E-state index contributed by atoms with van der Waals surface area (Å²) in [5.41, 5.74) is -0.0870. The summed E-state index contributed by atoms with van der Waals surface area (Å²) in [6.07, 6.45) is 6.78. The van der Waals surface area contributed by atoms with Gasteiger partial charge in [0.05, 0.1) is 5.41 Å². The lowest BCUT2D eigenvalue weighted by Crippen LogP contribution is -2.46. The van der Waals surface area contributed by atoms with Crippen molar-refractivity contribution in [1.29, 1.82) is 0 Å². The molecule has 1 saturated carbocycles. The fourth-order valence-electron chi connectivity index (χ4n) is 2.85. The molecule has 1 unspecified atom stereocenters. The number of amides is 1. The molecule has 0 aromatic heterocycles. The first-order valence-electron chi connectivity index (χ1n) is 7.25. The Morgan fingerprint density at radius 3 is 2.65 bits per heavy atom. The first-order chi connectivity index (χ1) is 8.23. The van der Waals surface area contributed by atoms with E-state index < -0.39 is 0 Å². The second-order valence-corrected chi connectivity index (χ2v) is 5.64. The second kappa shape index (κ2) is 5.38. The fraction of sp³-hybridized carbons (Fsp3) is 0.929. The lowest BCUT2D eigenvalue weighted by Gasteiger charge is -2.33. The molecule has 0 aromatic carbocycles. The predicted molar refractivity (Wildman–Crippen MR) is 69.9 cm³/mol. The SMILES string of the molecule is CCCCN(C(=O)C1(CC)CCNC1)C1CC1. The minimum Gasteiger partial charge on any atom is -0.339 e. The normalized spacial score (nSPS) is 28.4. The molecule has 3 nitrogen and oxygen atoms in total. The van der Waals surface area contributed by atoms with Gasteiger partial charge < -0.3 is 10.2 Å². The maximum absolute atomic E-state index is 12.8. The van der Waals surface area contributed by atoms with Crippen LogP contribution in [-0.4, -0.2) is 36.5 Å². The summed E-state index contributed by atoms with van der Waals surface area (Å²) in [5, 5.41) is 3.37. The zero-order valence-electron chi connectivity index (χ0n) is 11.3. The molecule has 1 N–H and O–H groups in total. The molecule has 0 radical (unpaired) electrons. The van der Waals surface area contributed by atoms with Crippen LogP contribution in [0.5, 0.6) is 0 Å². The molecule has 1 aliphatic carbocycles. The zero-order valence-corrected chi connectivity index (χ0v) is 11.3. The maximum Gasteiger partial charge on any atom is 0.230 e. The molecule has 1 heterocycles. The van der Waals surface area contributed by atoms with Gasteiger partial charge in [0.15, 0.2) is 0 Å². The van der Waals surface area contributed by atoms with Gasteiger partial charge in [0.2, 0.25) is 5.91 Å². The standard InChI is InChI=1S/C14H26N2O/c1-3-5-10-16(12-6-7-12)13(17)14(4-2)8-9-15-11-14/h12,15H,3-11H2,1-2H3. The highest BCUT2D eigenvalue weighted by Gasteiger charge is 2.45. The molecule has 2 aliphatic rings. The van der Waals surface area contributed by atoms with Crippen molar-refractivity contribution in [3.63, 3.8) is 0 Å². The van der Waals surface area contributed by atoms with E-state index in [0.29, 0.717) is 11.9 Å². The van der Waals surface area contributed by atoms with Crippen LogP contribution in [0.4, 0.5) is 0 Å². The van der Waals surface area contributed by atoms with Gasteiger partial charge in [-0.25, -0.2) is 0 Å². The van der Waals surface area contributed by atoms with E-state index in [1.807, 2.05) is 0 Å². The average molecular weight is 238 g/mol.